The van der Waals surface area contributed by atoms with Gasteiger partial charge in [-0.15, -0.1) is 0 Å². The first-order valence-electron chi connectivity index (χ1n) is 6.83. The number of carbonyl (C=O) groups excluding carboxylic acids is 1. The minimum absolute atomic E-state index is 0.0905. The number of hydrogen-bond acceptors (Lipinski definition) is 6. The summed E-state index contributed by atoms with van der Waals surface area (Å²) in [6.07, 6.45) is 1.65. The molecule has 124 valence electrons. The highest BCUT2D eigenvalue weighted by Crippen LogP contribution is 2.21. The van der Waals surface area contributed by atoms with Crippen molar-refractivity contribution in [2.45, 2.75) is 38.1 Å². The van der Waals surface area contributed by atoms with Crippen molar-refractivity contribution < 1.29 is 17.9 Å². The minimum atomic E-state index is -3.95. The van der Waals surface area contributed by atoms with Crippen LogP contribution in [0.1, 0.15) is 27.2 Å². The predicted octanol–water partition coefficient (Wildman–Crippen LogP) is 0.919. The highest BCUT2D eigenvalue weighted by molar-refractivity contribution is 7.90. The molecule has 1 aromatic rings. The van der Waals surface area contributed by atoms with E-state index in [-0.39, 0.29) is 10.3 Å². The number of pyridine rings is 1. The molecule has 0 aromatic carbocycles. The Morgan fingerprint density at radius 2 is 2.00 bits per heavy atom. The molecule has 0 saturated heterocycles. The number of amides is 1. The van der Waals surface area contributed by atoms with Crippen molar-refractivity contribution in [3.05, 3.63) is 18.3 Å². The van der Waals surface area contributed by atoms with Gasteiger partial charge in [-0.1, -0.05) is 20.8 Å². The predicted molar refractivity (Wildman–Crippen MR) is 83.0 cm³/mol. The number of methoxy groups -OCH3 is 1. The summed E-state index contributed by atoms with van der Waals surface area (Å²) in [6.45, 7) is 5.94. The summed E-state index contributed by atoms with van der Waals surface area (Å²) in [5.41, 5.74) is -0.115. The molecule has 8 heteroatoms. The van der Waals surface area contributed by atoms with Crippen LogP contribution >= 0.6 is 0 Å². The molecule has 2 N–H and O–H groups in total. The second kappa shape index (κ2) is 7.06. The molecule has 0 bridgehead atoms. The van der Waals surface area contributed by atoms with E-state index in [2.05, 4.69) is 15.0 Å². The number of ether oxygens (including phenoxy) is 1. The van der Waals surface area contributed by atoms with Gasteiger partial charge in [-0.05, 0) is 24.9 Å². The number of nitrogens with one attached hydrogen (secondary N) is 2. The minimum Gasteiger partial charge on any atom is -0.481 e. The molecule has 1 aromatic heterocycles. The quantitative estimate of drug-likeness (QED) is 0.805. The Morgan fingerprint density at radius 3 is 2.41 bits per heavy atom. The largest absolute Gasteiger partial charge is 0.481 e. The summed E-state index contributed by atoms with van der Waals surface area (Å²) < 4.78 is 31.3. The van der Waals surface area contributed by atoms with Crippen LogP contribution < -0.4 is 14.8 Å². The first kappa shape index (κ1) is 18.4. The molecule has 1 amide bonds. The summed E-state index contributed by atoms with van der Waals surface area (Å²) in [5.74, 6) is -0.292. The normalized spacial score (nSPS) is 13.5. The van der Waals surface area contributed by atoms with Crippen molar-refractivity contribution >= 4 is 15.9 Å². The van der Waals surface area contributed by atoms with Gasteiger partial charge >= 0.3 is 0 Å². The lowest BCUT2D eigenvalue weighted by Crippen LogP contribution is -2.46. The summed E-state index contributed by atoms with van der Waals surface area (Å²) in [6, 6.07) is 2.16. The summed E-state index contributed by atoms with van der Waals surface area (Å²) in [7, 11) is -0.897. The van der Waals surface area contributed by atoms with Crippen molar-refractivity contribution in [3.63, 3.8) is 0 Å². The Bertz CT molecular complexity index is 606. The SMILES string of the molecule is CNC(CC(C)(C)C)C(=O)NS(=O)(=O)c1ccc(OC)nc1. The van der Waals surface area contributed by atoms with Gasteiger partial charge in [-0.2, -0.15) is 0 Å². The fraction of sp³-hybridized carbons (Fsp3) is 0.571. The molecule has 1 atom stereocenters. The number of rotatable bonds is 6. The third-order valence-corrected chi connectivity index (χ3v) is 4.28. The van der Waals surface area contributed by atoms with E-state index in [1.165, 1.54) is 19.2 Å². The molecule has 0 aliphatic heterocycles. The van der Waals surface area contributed by atoms with Gasteiger partial charge in [0.25, 0.3) is 15.9 Å². The summed E-state index contributed by atoms with van der Waals surface area (Å²) >= 11 is 0. The van der Waals surface area contributed by atoms with Gasteiger partial charge in [0, 0.05) is 6.07 Å². The molecular weight excluding hydrogens is 306 g/mol. The lowest BCUT2D eigenvalue weighted by Gasteiger charge is -2.24. The lowest BCUT2D eigenvalue weighted by molar-refractivity contribution is -0.121. The van der Waals surface area contributed by atoms with Gasteiger partial charge in [0.2, 0.25) is 5.88 Å². The van der Waals surface area contributed by atoms with E-state index in [4.69, 9.17) is 4.74 Å². The molecule has 1 rings (SSSR count). The van der Waals surface area contributed by atoms with Crippen LogP contribution in [0.5, 0.6) is 5.88 Å². The molecule has 0 aliphatic rings. The topological polar surface area (TPSA) is 97.4 Å². The molecule has 0 aliphatic carbocycles. The Morgan fingerprint density at radius 1 is 1.36 bits per heavy atom. The molecule has 1 unspecified atom stereocenters. The molecule has 22 heavy (non-hydrogen) atoms. The number of hydrogen-bond donors (Lipinski definition) is 2. The van der Waals surface area contributed by atoms with Gasteiger partial charge < -0.3 is 10.1 Å². The summed E-state index contributed by atoms with van der Waals surface area (Å²) in [4.78, 5) is 15.9. The standard InChI is InChI=1S/C14H23N3O4S/c1-14(2,3)8-11(15-4)13(18)17-22(19,20)10-6-7-12(21-5)16-9-10/h6-7,9,11,15H,8H2,1-5H3,(H,17,18). The Balaban J connectivity index is 2.87. The van der Waals surface area contributed by atoms with Crippen LogP contribution in [0.3, 0.4) is 0 Å². The number of aromatic nitrogens is 1. The second-order valence-electron chi connectivity index (χ2n) is 6.11. The van der Waals surface area contributed by atoms with Crippen LogP contribution in [0.25, 0.3) is 0 Å². The zero-order valence-corrected chi connectivity index (χ0v) is 14.3. The third kappa shape index (κ3) is 5.27. The van der Waals surface area contributed by atoms with Crippen LogP contribution in [0, 0.1) is 5.41 Å². The van der Waals surface area contributed by atoms with Gasteiger partial charge in [0.15, 0.2) is 0 Å². The van der Waals surface area contributed by atoms with Gasteiger partial charge in [-0.25, -0.2) is 18.1 Å². The average molecular weight is 329 g/mol. The number of carbonyl (C=O) groups is 1. The monoisotopic (exact) mass is 329 g/mol. The molecular formula is C14H23N3O4S. The fourth-order valence-corrected chi connectivity index (χ4v) is 2.81. The molecule has 0 spiro atoms. The number of nitrogens with zero attached hydrogens (tertiary/aromatic N) is 1. The second-order valence-corrected chi connectivity index (χ2v) is 7.79. The van der Waals surface area contributed by atoms with E-state index < -0.39 is 22.0 Å². The zero-order chi connectivity index (χ0) is 17.0. The number of sulfonamides is 1. The van der Waals surface area contributed by atoms with Crippen molar-refractivity contribution in [2.75, 3.05) is 14.2 Å². The molecule has 0 saturated carbocycles. The molecule has 0 fully saturated rings. The van der Waals surface area contributed by atoms with Crippen molar-refractivity contribution in [1.29, 1.82) is 0 Å². The van der Waals surface area contributed by atoms with Gasteiger partial charge in [0.05, 0.1) is 19.3 Å². The first-order chi connectivity index (χ1) is 10.1. The van der Waals surface area contributed by atoms with Crippen LogP contribution in [-0.2, 0) is 14.8 Å². The van der Waals surface area contributed by atoms with Gasteiger partial charge in [0.1, 0.15) is 4.90 Å². The highest BCUT2D eigenvalue weighted by atomic mass is 32.2. The van der Waals surface area contributed by atoms with E-state index in [0.29, 0.717) is 12.3 Å². The van der Waals surface area contributed by atoms with E-state index in [9.17, 15) is 13.2 Å². The van der Waals surface area contributed by atoms with E-state index in [0.717, 1.165) is 6.20 Å². The van der Waals surface area contributed by atoms with Crippen LogP contribution in [0.2, 0.25) is 0 Å². The number of likely N-dealkylation sites (N-methyl/N-ethyl adjacent to an activating group) is 1. The van der Waals surface area contributed by atoms with E-state index in [1.807, 2.05) is 20.8 Å². The Hall–Kier alpha value is -1.67. The zero-order valence-electron chi connectivity index (χ0n) is 13.5. The summed E-state index contributed by atoms with van der Waals surface area (Å²) in [5, 5.41) is 2.84. The molecule has 7 nitrogen and oxygen atoms in total. The highest BCUT2D eigenvalue weighted by Gasteiger charge is 2.27. The maximum atomic E-state index is 12.2. The van der Waals surface area contributed by atoms with Gasteiger partial charge in [-0.3, -0.25) is 4.79 Å². The van der Waals surface area contributed by atoms with E-state index >= 15 is 0 Å². The van der Waals surface area contributed by atoms with E-state index in [1.54, 1.807) is 7.05 Å². The third-order valence-electron chi connectivity index (χ3n) is 2.95. The van der Waals surface area contributed by atoms with Crippen LogP contribution in [-0.4, -0.2) is 39.5 Å². The van der Waals surface area contributed by atoms with Crippen LogP contribution in [0.15, 0.2) is 23.2 Å². The maximum absolute atomic E-state index is 12.2. The smallest absolute Gasteiger partial charge is 0.265 e. The van der Waals surface area contributed by atoms with Crippen molar-refractivity contribution in [3.8, 4) is 5.88 Å². The van der Waals surface area contributed by atoms with Crippen LogP contribution in [0.4, 0.5) is 0 Å². The Labute approximate surface area is 131 Å². The average Bonchev–Trinajstić information content (AvgIpc) is 2.43. The molecule has 1 heterocycles. The molecule has 0 radical (unpaired) electrons. The van der Waals surface area contributed by atoms with Crippen molar-refractivity contribution in [1.82, 2.24) is 15.0 Å². The maximum Gasteiger partial charge on any atom is 0.265 e. The van der Waals surface area contributed by atoms with Crippen molar-refractivity contribution in [2.24, 2.45) is 5.41 Å². The fourth-order valence-electron chi connectivity index (χ4n) is 1.85. The Kier molecular flexibility index (Phi) is 5.90. The lowest BCUT2D eigenvalue weighted by atomic mass is 9.88. The first-order valence-corrected chi connectivity index (χ1v) is 8.31.